The summed E-state index contributed by atoms with van der Waals surface area (Å²) >= 11 is 11.2. The number of Topliss-reactive ketones (excluding diaryl/α,β-unsaturated/α-hetero) is 1. The molecule has 3 aromatic carbocycles. The number of allylic oxidation sites excluding steroid dienone is 2. The first-order chi connectivity index (χ1) is 17.8. The first-order valence-electron chi connectivity index (χ1n) is 11.4. The van der Waals surface area contributed by atoms with E-state index >= 15 is 0 Å². The average molecular weight is 593 g/mol. The first-order valence-corrected chi connectivity index (χ1v) is 13.6. The molecule has 37 heavy (non-hydrogen) atoms. The summed E-state index contributed by atoms with van der Waals surface area (Å²) in [6.07, 6.45) is 0. The van der Waals surface area contributed by atoms with E-state index in [0.717, 1.165) is 10.0 Å². The predicted molar refractivity (Wildman–Crippen MR) is 153 cm³/mol. The largest absolute Gasteiger partial charge is 0.353 e. The van der Waals surface area contributed by atoms with Crippen molar-refractivity contribution in [3.63, 3.8) is 0 Å². The van der Waals surface area contributed by atoms with E-state index in [9.17, 15) is 14.9 Å². The molecular weight excluding hydrogens is 570 g/mol. The molecule has 0 bridgehead atoms. The fourth-order valence-electron chi connectivity index (χ4n) is 4.11. The van der Waals surface area contributed by atoms with E-state index in [1.54, 1.807) is 31.2 Å². The maximum Gasteiger partial charge on any atom is 0.254 e. The molecule has 2 N–H and O–H groups in total. The smallest absolute Gasteiger partial charge is 0.254 e. The molecule has 1 aliphatic heterocycles. The van der Waals surface area contributed by atoms with Crippen LogP contribution in [0.5, 0.6) is 0 Å². The molecule has 0 aliphatic carbocycles. The number of para-hydroxylation sites is 1. The van der Waals surface area contributed by atoms with Crippen molar-refractivity contribution < 1.29 is 9.59 Å². The van der Waals surface area contributed by atoms with Gasteiger partial charge in [-0.05, 0) is 49.2 Å². The van der Waals surface area contributed by atoms with Crippen LogP contribution in [-0.4, -0.2) is 17.4 Å². The molecule has 1 heterocycles. The molecular formula is C29H23BrClN3O2S. The van der Waals surface area contributed by atoms with Gasteiger partial charge < -0.3 is 10.6 Å². The zero-order valence-corrected chi connectivity index (χ0v) is 23.3. The van der Waals surface area contributed by atoms with Crippen LogP contribution >= 0.6 is 39.3 Å². The van der Waals surface area contributed by atoms with Crippen LogP contribution < -0.4 is 10.6 Å². The Kier molecular flexibility index (Phi) is 8.55. The number of nitriles is 1. The van der Waals surface area contributed by atoms with Gasteiger partial charge in [0.25, 0.3) is 5.91 Å². The molecule has 3 aromatic rings. The highest BCUT2D eigenvalue weighted by atomic mass is 79.9. The summed E-state index contributed by atoms with van der Waals surface area (Å²) in [7, 11) is 0. The van der Waals surface area contributed by atoms with Crippen LogP contribution in [0.1, 0.15) is 34.3 Å². The van der Waals surface area contributed by atoms with Crippen molar-refractivity contribution in [2.75, 3.05) is 11.1 Å². The maximum absolute atomic E-state index is 13.6. The lowest BCUT2D eigenvalue weighted by Crippen LogP contribution is -2.31. The number of nitrogens with one attached hydrogen (secondary N) is 2. The van der Waals surface area contributed by atoms with Crippen LogP contribution in [0.15, 0.2) is 99.1 Å². The average Bonchev–Trinajstić information content (AvgIpc) is 2.88. The number of rotatable bonds is 7. The number of hydrogen-bond acceptors (Lipinski definition) is 5. The summed E-state index contributed by atoms with van der Waals surface area (Å²) in [6, 6.07) is 24.1. The van der Waals surface area contributed by atoms with E-state index in [-0.39, 0.29) is 17.4 Å². The van der Waals surface area contributed by atoms with Gasteiger partial charge in [0, 0.05) is 32.0 Å². The quantitative estimate of drug-likeness (QED) is 0.280. The first kappa shape index (κ1) is 26.7. The molecule has 1 atom stereocenters. The van der Waals surface area contributed by atoms with Crippen LogP contribution in [0.4, 0.5) is 5.69 Å². The van der Waals surface area contributed by atoms with Gasteiger partial charge in [0.15, 0.2) is 5.78 Å². The lowest BCUT2D eigenvalue weighted by molar-refractivity contribution is -0.113. The minimum atomic E-state index is -0.700. The third-order valence-electron chi connectivity index (χ3n) is 6.02. The number of anilines is 1. The van der Waals surface area contributed by atoms with E-state index in [1.807, 2.05) is 55.5 Å². The van der Waals surface area contributed by atoms with Crippen LogP contribution in [-0.2, 0) is 4.79 Å². The summed E-state index contributed by atoms with van der Waals surface area (Å²) in [5.74, 6) is -0.966. The molecule has 1 amide bonds. The monoisotopic (exact) mass is 591 g/mol. The molecule has 0 aromatic heterocycles. The zero-order valence-electron chi connectivity index (χ0n) is 20.1. The molecule has 0 saturated carbocycles. The number of ketones is 1. The molecule has 1 aliphatic rings. The number of hydrogen-bond donors (Lipinski definition) is 2. The second kappa shape index (κ2) is 11.8. The van der Waals surface area contributed by atoms with Gasteiger partial charge in [-0.3, -0.25) is 9.59 Å². The summed E-state index contributed by atoms with van der Waals surface area (Å²) in [5.41, 5.74) is 4.17. The number of aryl methyl sites for hydroxylation is 1. The van der Waals surface area contributed by atoms with Crippen molar-refractivity contribution in [1.29, 1.82) is 5.26 Å². The molecule has 0 saturated heterocycles. The molecule has 8 heteroatoms. The highest BCUT2D eigenvalue weighted by Crippen LogP contribution is 2.43. The Labute approximate surface area is 233 Å². The van der Waals surface area contributed by atoms with E-state index in [0.29, 0.717) is 43.7 Å². The number of thioether (sulfide) groups is 1. The van der Waals surface area contributed by atoms with Gasteiger partial charge in [0.05, 0.1) is 28.3 Å². The summed E-state index contributed by atoms with van der Waals surface area (Å²) in [4.78, 5) is 26.4. The third-order valence-corrected chi connectivity index (χ3v) is 7.91. The Bertz CT molecular complexity index is 1470. The lowest BCUT2D eigenvalue weighted by Gasteiger charge is -2.30. The number of nitrogens with zero attached hydrogens (tertiary/aromatic N) is 1. The topological polar surface area (TPSA) is 82.0 Å². The molecule has 0 radical (unpaired) electrons. The summed E-state index contributed by atoms with van der Waals surface area (Å²) < 4.78 is 0.889. The minimum Gasteiger partial charge on any atom is -0.353 e. The van der Waals surface area contributed by atoms with Gasteiger partial charge in [0.1, 0.15) is 0 Å². The van der Waals surface area contributed by atoms with Crippen molar-refractivity contribution in [2.24, 2.45) is 0 Å². The molecule has 4 rings (SSSR count). The van der Waals surface area contributed by atoms with Gasteiger partial charge in [-0.2, -0.15) is 5.26 Å². The van der Waals surface area contributed by atoms with Crippen LogP contribution in [0.2, 0.25) is 5.02 Å². The lowest BCUT2D eigenvalue weighted by atomic mass is 9.82. The van der Waals surface area contributed by atoms with Gasteiger partial charge in [0.2, 0.25) is 0 Å². The van der Waals surface area contributed by atoms with Crippen molar-refractivity contribution in [1.82, 2.24) is 5.32 Å². The van der Waals surface area contributed by atoms with Crippen LogP contribution in [0.25, 0.3) is 0 Å². The minimum absolute atomic E-state index is 0.0666. The SMILES string of the molecule is CC1=C(C(=O)Nc2ccccc2C)[C@H](c2ccccc2Cl)C(C#N)=C(SCC(=O)c2ccc(Br)cc2)N1. The zero-order chi connectivity index (χ0) is 26.5. The van der Waals surface area contributed by atoms with Crippen LogP contribution in [0.3, 0.4) is 0 Å². The van der Waals surface area contributed by atoms with E-state index in [2.05, 4.69) is 32.6 Å². The highest BCUT2D eigenvalue weighted by molar-refractivity contribution is 9.10. The summed E-state index contributed by atoms with van der Waals surface area (Å²) in [6.45, 7) is 3.71. The van der Waals surface area contributed by atoms with Crippen molar-refractivity contribution in [2.45, 2.75) is 19.8 Å². The Morgan fingerprint density at radius 2 is 1.73 bits per heavy atom. The number of dihydropyridines is 1. The number of benzene rings is 3. The normalized spacial score (nSPS) is 15.2. The van der Waals surface area contributed by atoms with Crippen molar-refractivity contribution in [3.05, 3.63) is 121 Å². The van der Waals surface area contributed by atoms with Gasteiger partial charge >= 0.3 is 0 Å². The highest BCUT2D eigenvalue weighted by Gasteiger charge is 2.36. The second-order valence-corrected chi connectivity index (χ2v) is 10.8. The standard InChI is InChI=1S/C29H23BrClN3O2S/c1-17-7-3-6-10-24(17)34-28(36)26-18(2)33-29(37-16-25(35)19-11-13-20(30)14-12-19)22(15-32)27(26)21-8-4-5-9-23(21)31/h3-14,27,33H,16H2,1-2H3,(H,34,36)/t27-/m1/s1. The second-order valence-electron chi connectivity index (χ2n) is 8.46. The third kappa shape index (κ3) is 5.99. The molecule has 5 nitrogen and oxygen atoms in total. The van der Waals surface area contributed by atoms with Crippen molar-refractivity contribution in [3.8, 4) is 6.07 Å². The van der Waals surface area contributed by atoms with Gasteiger partial charge in [-0.25, -0.2) is 0 Å². The summed E-state index contributed by atoms with van der Waals surface area (Å²) in [5, 5.41) is 17.5. The molecule has 0 unspecified atom stereocenters. The Hall–Kier alpha value is -3.31. The number of carbonyl (C=O) groups is 2. The predicted octanol–water partition coefficient (Wildman–Crippen LogP) is 7.36. The number of carbonyl (C=O) groups excluding carboxylic acids is 2. The van der Waals surface area contributed by atoms with E-state index in [1.165, 1.54) is 11.8 Å². The van der Waals surface area contributed by atoms with Crippen molar-refractivity contribution >= 4 is 56.7 Å². The maximum atomic E-state index is 13.6. The van der Waals surface area contributed by atoms with Crippen LogP contribution in [0, 0.1) is 18.3 Å². The van der Waals surface area contributed by atoms with Gasteiger partial charge in [-0.15, -0.1) is 0 Å². The van der Waals surface area contributed by atoms with E-state index < -0.39 is 5.92 Å². The van der Waals surface area contributed by atoms with E-state index in [4.69, 9.17) is 11.6 Å². The molecule has 0 fully saturated rings. The number of amides is 1. The molecule has 186 valence electrons. The number of halogens is 2. The Morgan fingerprint density at radius 1 is 1.05 bits per heavy atom. The molecule has 0 spiro atoms. The van der Waals surface area contributed by atoms with Gasteiger partial charge in [-0.1, -0.05) is 87.8 Å². The Morgan fingerprint density at radius 3 is 2.41 bits per heavy atom. The fourth-order valence-corrected chi connectivity index (χ4v) is 5.60. The Balaban J connectivity index is 1.70. The fraction of sp³-hybridized carbons (Fsp3) is 0.138.